The zero-order valence-electron chi connectivity index (χ0n) is 12.5. The van der Waals surface area contributed by atoms with Crippen molar-refractivity contribution in [1.82, 2.24) is 5.32 Å². The van der Waals surface area contributed by atoms with Gasteiger partial charge in [-0.2, -0.15) is 5.26 Å². The normalized spacial score (nSPS) is 29.3. The molecule has 1 aliphatic rings. The molecule has 1 aromatic carbocycles. The molecule has 4 atom stereocenters. The first kappa shape index (κ1) is 16.3. The van der Waals surface area contributed by atoms with Crippen molar-refractivity contribution in [2.45, 2.75) is 45.4 Å². The maximum absolute atomic E-state index is 9.59. The number of rotatable bonds is 3. The molecule has 5 heteroatoms. The van der Waals surface area contributed by atoms with E-state index < -0.39 is 6.23 Å². The Balaban J connectivity index is 2.32. The van der Waals surface area contributed by atoms with Gasteiger partial charge in [-0.05, 0) is 29.5 Å². The summed E-state index contributed by atoms with van der Waals surface area (Å²) >= 11 is 6.04. The summed E-state index contributed by atoms with van der Waals surface area (Å²) in [6.45, 7) is 6.39. The fraction of sp³-hybridized carbons (Fsp3) is 0.562. The number of hydrogen-bond donors (Lipinski definition) is 2. The maximum Gasteiger partial charge on any atom is 0.151 e. The Hall–Kier alpha value is -1.12. The summed E-state index contributed by atoms with van der Waals surface area (Å²) in [5.41, 5.74) is 0.979. The SMILES string of the molecule is CC(C)(C)CC1NC(OO)C(c2cccc(Cl)c2)C1C#N. The molecule has 4 unspecified atom stereocenters. The van der Waals surface area contributed by atoms with Crippen molar-refractivity contribution in [2.24, 2.45) is 11.3 Å². The molecule has 0 amide bonds. The summed E-state index contributed by atoms with van der Waals surface area (Å²) in [6, 6.07) is 9.71. The maximum atomic E-state index is 9.59. The molecule has 1 saturated heterocycles. The fourth-order valence-electron chi connectivity index (χ4n) is 3.06. The van der Waals surface area contributed by atoms with Crippen LogP contribution < -0.4 is 5.32 Å². The molecule has 0 radical (unpaired) electrons. The second-order valence-corrected chi connectivity index (χ2v) is 7.24. The van der Waals surface area contributed by atoms with Crippen LogP contribution in [0.15, 0.2) is 24.3 Å². The number of nitriles is 1. The topological polar surface area (TPSA) is 65.3 Å². The van der Waals surface area contributed by atoms with E-state index in [0.29, 0.717) is 5.02 Å². The van der Waals surface area contributed by atoms with Gasteiger partial charge in [0.2, 0.25) is 0 Å². The minimum Gasteiger partial charge on any atom is -0.285 e. The number of benzene rings is 1. The van der Waals surface area contributed by atoms with Gasteiger partial charge in [0.15, 0.2) is 6.23 Å². The Morgan fingerprint density at radius 3 is 2.67 bits per heavy atom. The van der Waals surface area contributed by atoms with Crippen molar-refractivity contribution < 1.29 is 10.1 Å². The van der Waals surface area contributed by atoms with E-state index in [1.807, 2.05) is 18.2 Å². The molecule has 1 aromatic rings. The number of nitrogens with one attached hydrogen (secondary N) is 1. The van der Waals surface area contributed by atoms with E-state index in [1.54, 1.807) is 6.07 Å². The lowest BCUT2D eigenvalue weighted by Crippen LogP contribution is -2.35. The molecule has 1 heterocycles. The van der Waals surface area contributed by atoms with E-state index in [0.717, 1.165) is 12.0 Å². The fourth-order valence-corrected chi connectivity index (χ4v) is 3.26. The smallest absolute Gasteiger partial charge is 0.151 e. The standard InChI is InChI=1S/C16H21ClN2O2/c1-16(2,3)8-13-12(9-18)14(15(19-13)21-20)10-5-4-6-11(17)7-10/h4-7,12-15,19-20H,8H2,1-3H3. The van der Waals surface area contributed by atoms with Crippen molar-refractivity contribution in [3.05, 3.63) is 34.9 Å². The highest BCUT2D eigenvalue weighted by atomic mass is 35.5. The molecule has 2 N–H and O–H groups in total. The molecule has 114 valence electrons. The van der Waals surface area contributed by atoms with E-state index in [9.17, 15) is 10.5 Å². The van der Waals surface area contributed by atoms with Gasteiger partial charge in [0.25, 0.3) is 0 Å². The van der Waals surface area contributed by atoms with Crippen molar-refractivity contribution in [3.8, 4) is 6.07 Å². The van der Waals surface area contributed by atoms with Crippen molar-refractivity contribution in [1.29, 1.82) is 5.26 Å². The molecule has 0 aliphatic carbocycles. The zero-order valence-corrected chi connectivity index (χ0v) is 13.3. The predicted octanol–water partition coefficient (Wildman–Crippen LogP) is 3.79. The molecule has 0 bridgehead atoms. The summed E-state index contributed by atoms with van der Waals surface area (Å²) in [7, 11) is 0. The molecule has 0 saturated carbocycles. The summed E-state index contributed by atoms with van der Waals surface area (Å²) in [5, 5.41) is 22.6. The van der Waals surface area contributed by atoms with Crippen molar-refractivity contribution >= 4 is 11.6 Å². The van der Waals surface area contributed by atoms with E-state index in [-0.39, 0.29) is 23.3 Å². The largest absolute Gasteiger partial charge is 0.285 e. The number of nitrogens with zero attached hydrogens (tertiary/aromatic N) is 1. The van der Waals surface area contributed by atoms with Gasteiger partial charge < -0.3 is 0 Å². The first-order valence-corrected chi connectivity index (χ1v) is 7.45. The van der Waals surface area contributed by atoms with Gasteiger partial charge in [0, 0.05) is 17.0 Å². The van der Waals surface area contributed by atoms with E-state index in [2.05, 4.69) is 37.0 Å². The van der Waals surface area contributed by atoms with Crippen LogP contribution in [0.5, 0.6) is 0 Å². The molecule has 0 spiro atoms. The van der Waals surface area contributed by atoms with Crippen LogP contribution in [0.3, 0.4) is 0 Å². The first-order valence-electron chi connectivity index (χ1n) is 7.07. The minimum atomic E-state index is -0.597. The third-order valence-electron chi connectivity index (χ3n) is 3.85. The summed E-state index contributed by atoms with van der Waals surface area (Å²) in [5.74, 6) is -0.522. The first-order chi connectivity index (χ1) is 9.85. The third-order valence-corrected chi connectivity index (χ3v) is 4.09. The highest BCUT2D eigenvalue weighted by Gasteiger charge is 2.46. The highest BCUT2D eigenvalue weighted by molar-refractivity contribution is 6.30. The Labute approximate surface area is 130 Å². The van der Waals surface area contributed by atoms with Gasteiger partial charge >= 0.3 is 0 Å². The van der Waals surface area contributed by atoms with Crippen LogP contribution in [0.2, 0.25) is 5.02 Å². The van der Waals surface area contributed by atoms with Crippen LogP contribution in [0.1, 0.15) is 38.7 Å². The van der Waals surface area contributed by atoms with Crippen LogP contribution in [0, 0.1) is 22.7 Å². The molecule has 0 aromatic heterocycles. The van der Waals surface area contributed by atoms with Crippen LogP contribution in [0.4, 0.5) is 0 Å². The van der Waals surface area contributed by atoms with Crippen LogP contribution in [-0.4, -0.2) is 17.5 Å². The van der Waals surface area contributed by atoms with Crippen LogP contribution in [0.25, 0.3) is 0 Å². The second-order valence-electron chi connectivity index (χ2n) is 6.80. The lowest BCUT2D eigenvalue weighted by atomic mass is 9.79. The lowest BCUT2D eigenvalue weighted by molar-refractivity contribution is -0.286. The van der Waals surface area contributed by atoms with Crippen molar-refractivity contribution in [2.75, 3.05) is 0 Å². The number of hydrogen-bond acceptors (Lipinski definition) is 4. The van der Waals surface area contributed by atoms with E-state index in [1.165, 1.54) is 0 Å². The average molecular weight is 309 g/mol. The summed E-state index contributed by atoms with van der Waals surface area (Å²) in [6.07, 6.45) is 0.225. The summed E-state index contributed by atoms with van der Waals surface area (Å²) < 4.78 is 0. The van der Waals surface area contributed by atoms with E-state index >= 15 is 0 Å². The van der Waals surface area contributed by atoms with Crippen LogP contribution in [-0.2, 0) is 4.89 Å². The molecule has 4 nitrogen and oxygen atoms in total. The molecular weight excluding hydrogens is 288 g/mol. The van der Waals surface area contributed by atoms with Gasteiger partial charge in [-0.25, -0.2) is 4.89 Å². The van der Waals surface area contributed by atoms with Gasteiger partial charge in [-0.1, -0.05) is 44.5 Å². The molecule has 1 aliphatic heterocycles. The van der Waals surface area contributed by atoms with Crippen molar-refractivity contribution in [3.63, 3.8) is 0 Å². The number of halogens is 1. The molecular formula is C16H21ClN2O2. The van der Waals surface area contributed by atoms with Gasteiger partial charge in [-0.3, -0.25) is 10.6 Å². The highest BCUT2D eigenvalue weighted by Crippen LogP contribution is 2.40. The van der Waals surface area contributed by atoms with Gasteiger partial charge in [0.05, 0.1) is 12.0 Å². The Morgan fingerprint density at radius 1 is 1.43 bits per heavy atom. The zero-order chi connectivity index (χ0) is 15.6. The lowest BCUT2D eigenvalue weighted by Gasteiger charge is -2.25. The average Bonchev–Trinajstić information content (AvgIpc) is 2.74. The Morgan fingerprint density at radius 2 is 2.14 bits per heavy atom. The third kappa shape index (κ3) is 3.75. The van der Waals surface area contributed by atoms with Gasteiger partial charge in [-0.15, -0.1) is 0 Å². The predicted molar refractivity (Wildman–Crippen MR) is 81.8 cm³/mol. The summed E-state index contributed by atoms with van der Waals surface area (Å²) in [4.78, 5) is 4.59. The quantitative estimate of drug-likeness (QED) is 0.658. The Bertz CT molecular complexity index is 536. The second kappa shape index (κ2) is 6.33. The molecule has 21 heavy (non-hydrogen) atoms. The minimum absolute atomic E-state index is 0.0314. The molecule has 1 fully saturated rings. The van der Waals surface area contributed by atoms with E-state index in [4.69, 9.17) is 11.6 Å². The van der Waals surface area contributed by atoms with Gasteiger partial charge in [0.1, 0.15) is 0 Å². The van der Waals surface area contributed by atoms with Crippen LogP contribution >= 0.6 is 11.6 Å². The molecule has 2 rings (SSSR count). The monoisotopic (exact) mass is 308 g/mol. The Kier molecular flexibility index (Phi) is 4.90.